The first-order valence-corrected chi connectivity index (χ1v) is 9.65. The summed E-state index contributed by atoms with van der Waals surface area (Å²) in [6.45, 7) is 1.28. The summed E-state index contributed by atoms with van der Waals surface area (Å²) in [7, 11) is 0. The van der Waals surface area contributed by atoms with E-state index in [-0.39, 0.29) is 6.10 Å². The number of primary amides is 1. The van der Waals surface area contributed by atoms with Crippen LogP contribution < -0.4 is 10.5 Å². The minimum absolute atomic E-state index is 0.120. The SMILES string of the molecule is NC(=O)[C@@H]1CCCCN1C(=O)COC(=O)c1ccc(OC[C@H]2CCCO2)cc1. The highest BCUT2D eigenvalue weighted by atomic mass is 16.5. The van der Waals surface area contributed by atoms with Crippen molar-refractivity contribution in [2.75, 3.05) is 26.4 Å². The third-order valence-corrected chi connectivity index (χ3v) is 5.03. The molecule has 0 aromatic heterocycles. The van der Waals surface area contributed by atoms with Gasteiger partial charge in [-0.15, -0.1) is 0 Å². The molecule has 152 valence electrons. The number of esters is 1. The predicted octanol–water partition coefficient (Wildman–Crippen LogP) is 1.27. The van der Waals surface area contributed by atoms with Gasteiger partial charge in [0.2, 0.25) is 5.91 Å². The van der Waals surface area contributed by atoms with E-state index in [1.165, 1.54) is 4.90 Å². The maximum absolute atomic E-state index is 12.3. The third-order valence-electron chi connectivity index (χ3n) is 5.03. The monoisotopic (exact) mass is 390 g/mol. The molecule has 2 fully saturated rings. The number of hydrogen-bond acceptors (Lipinski definition) is 6. The van der Waals surface area contributed by atoms with Crippen molar-refractivity contribution >= 4 is 17.8 Å². The van der Waals surface area contributed by atoms with Gasteiger partial charge in [-0.05, 0) is 56.4 Å². The van der Waals surface area contributed by atoms with E-state index >= 15 is 0 Å². The van der Waals surface area contributed by atoms with E-state index in [1.807, 2.05) is 0 Å². The zero-order valence-electron chi connectivity index (χ0n) is 15.8. The largest absolute Gasteiger partial charge is 0.491 e. The molecule has 28 heavy (non-hydrogen) atoms. The van der Waals surface area contributed by atoms with Gasteiger partial charge in [-0.3, -0.25) is 9.59 Å². The highest BCUT2D eigenvalue weighted by molar-refractivity contribution is 5.92. The molecule has 2 atom stereocenters. The number of rotatable bonds is 7. The summed E-state index contributed by atoms with van der Waals surface area (Å²) in [6, 6.07) is 5.91. The van der Waals surface area contributed by atoms with Gasteiger partial charge >= 0.3 is 5.97 Å². The predicted molar refractivity (Wildman–Crippen MR) is 99.7 cm³/mol. The second kappa shape index (κ2) is 9.54. The summed E-state index contributed by atoms with van der Waals surface area (Å²) in [6.07, 6.45) is 4.36. The van der Waals surface area contributed by atoms with Crippen LogP contribution in [0.3, 0.4) is 0 Å². The van der Waals surface area contributed by atoms with E-state index in [4.69, 9.17) is 19.9 Å². The molecule has 0 aliphatic carbocycles. The summed E-state index contributed by atoms with van der Waals surface area (Å²) in [4.78, 5) is 37.4. The average Bonchev–Trinajstić information content (AvgIpc) is 3.24. The first-order chi connectivity index (χ1) is 13.5. The number of nitrogens with zero attached hydrogens (tertiary/aromatic N) is 1. The van der Waals surface area contributed by atoms with Crippen LogP contribution in [0.25, 0.3) is 0 Å². The van der Waals surface area contributed by atoms with Crippen molar-refractivity contribution in [2.24, 2.45) is 5.73 Å². The molecule has 2 aliphatic rings. The minimum Gasteiger partial charge on any atom is -0.491 e. The normalized spacial score (nSPS) is 21.9. The third kappa shape index (κ3) is 5.22. The molecule has 2 heterocycles. The number of amides is 2. The molecule has 8 heteroatoms. The lowest BCUT2D eigenvalue weighted by Gasteiger charge is -2.33. The van der Waals surface area contributed by atoms with E-state index in [2.05, 4.69) is 0 Å². The molecule has 8 nitrogen and oxygen atoms in total. The number of nitrogens with two attached hydrogens (primary N) is 1. The smallest absolute Gasteiger partial charge is 0.338 e. The Morgan fingerprint density at radius 3 is 2.57 bits per heavy atom. The maximum Gasteiger partial charge on any atom is 0.338 e. The lowest BCUT2D eigenvalue weighted by molar-refractivity contribution is -0.143. The summed E-state index contributed by atoms with van der Waals surface area (Å²) < 4.78 is 16.3. The zero-order chi connectivity index (χ0) is 19.9. The van der Waals surface area contributed by atoms with Crippen LogP contribution in [0.2, 0.25) is 0 Å². The van der Waals surface area contributed by atoms with Crippen molar-refractivity contribution < 1.29 is 28.6 Å². The number of piperidine rings is 1. The van der Waals surface area contributed by atoms with Gasteiger partial charge in [0.15, 0.2) is 6.61 Å². The zero-order valence-corrected chi connectivity index (χ0v) is 15.8. The summed E-state index contributed by atoms with van der Waals surface area (Å²) in [5.74, 6) is -0.904. The molecule has 2 amide bonds. The fraction of sp³-hybridized carbons (Fsp3) is 0.550. The molecule has 1 aromatic rings. The van der Waals surface area contributed by atoms with Crippen LogP contribution in [0.5, 0.6) is 5.75 Å². The second-order valence-electron chi connectivity index (χ2n) is 7.05. The van der Waals surface area contributed by atoms with E-state index < -0.39 is 30.4 Å². The van der Waals surface area contributed by atoms with Crippen LogP contribution in [-0.4, -0.2) is 61.2 Å². The molecular weight excluding hydrogens is 364 g/mol. The fourth-order valence-corrected chi connectivity index (χ4v) is 3.47. The molecule has 0 radical (unpaired) electrons. The number of benzene rings is 1. The Labute approximate surface area is 163 Å². The number of hydrogen-bond donors (Lipinski definition) is 1. The number of carbonyl (C=O) groups is 3. The first kappa shape index (κ1) is 20.1. The standard InChI is InChI=1S/C20H26N2O6/c21-19(24)17-5-1-2-10-22(17)18(23)13-28-20(25)14-6-8-15(9-7-14)27-12-16-4-3-11-26-16/h6-9,16-17H,1-5,10-13H2,(H2,21,24)/t16-,17+/m1/s1. The van der Waals surface area contributed by atoms with Crippen LogP contribution in [0.4, 0.5) is 0 Å². The van der Waals surface area contributed by atoms with E-state index in [0.29, 0.717) is 30.9 Å². The van der Waals surface area contributed by atoms with Crippen LogP contribution in [0, 0.1) is 0 Å². The highest BCUT2D eigenvalue weighted by Crippen LogP contribution is 2.18. The molecule has 0 unspecified atom stereocenters. The van der Waals surface area contributed by atoms with Crippen LogP contribution in [0.1, 0.15) is 42.5 Å². The number of carbonyl (C=O) groups excluding carboxylic acids is 3. The molecule has 1 aromatic carbocycles. The average molecular weight is 390 g/mol. The van der Waals surface area contributed by atoms with Crippen molar-refractivity contribution in [3.63, 3.8) is 0 Å². The van der Waals surface area contributed by atoms with Crippen LogP contribution >= 0.6 is 0 Å². The van der Waals surface area contributed by atoms with Gasteiger partial charge in [-0.2, -0.15) is 0 Å². The summed E-state index contributed by atoms with van der Waals surface area (Å²) >= 11 is 0. The van der Waals surface area contributed by atoms with Crippen LogP contribution in [-0.2, 0) is 19.1 Å². The van der Waals surface area contributed by atoms with Gasteiger partial charge in [-0.25, -0.2) is 4.79 Å². The van der Waals surface area contributed by atoms with Crippen molar-refractivity contribution in [1.29, 1.82) is 0 Å². The fourth-order valence-electron chi connectivity index (χ4n) is 3.47. The van der Waals surface area contributed by atoms with E-state index in [0.717, 1.165) is 32.3 Å². The Morgan fingerprint density at radius 1 is 1.11 bits per heavy atom. The van der Waals surface area contributed by atoms with Gasteiger partial charge in [0.05, 0.1) is 11.7 Å². The van der Waals surface area contributed by atoms with Gasteiger partial charge in [0, 0.05) is 13.2 Å². The molecule has 2 aliphatic heterocycles. The quantitative estimate of drug-likeness (QED) is 0.703. The molecule has 2 saturated heterocycles. The first-order valence-electron chi connectivity index (χ1n) is 9.65. The van der Waals surface area contributed by atoms with Gasteiger partial charge in [0.25, 0.3) is 5.91 Å². The lowest BCUT2D eigenvalue weighted by Crippen LogP contribution is -2.51. The topological polar surface area (TPSA) is 108 Å². The Balaban J connectivity index is 1.47. The molecule has 2 N–H and O–H groups in total. The Hall–Kier alpha value is -2.61. The maximum atomic E-state index is 12.3. The lowest BCUT2D eigenvalue weighted by atomic mass is 10.0. The van der Waals surface area contributed by atoms with Crippen molar-refractivity contribution in [1.82, 2.24) is 4.90 Å². The Bertz CT molecular complexity index is 699. The minimum atomic E-state index is -0.625. The Kier molecular flexibility index (Phi) is 6.86. The van der Waals surface area contributed by atoms with Crippen LogP contribution in [0.15, 0.2) is 24.3 Å². The number of likely N-dealkylation sites (tertiary alicyclic amines) is 1. The van der Waals surface area contributed by atoms with E-state index in [1.54, 1.807) is 24.3 Å². The van der Waals surface area contributed by atoms with Crippen molar-refractivity contribution in [3.05, 3.63) is 29.8 Å². The molecule has 3 rings (SSSR count). The van der Waals surface area contributed by atoms with Gasteiger partial charge < -0.3 is 24.8 Å². The Morgan fingerprint density at radius 2 is 1.89 bits per heavy atom. The summed E-state index contributed by atoms with van der Waals surface area (Å²) in [5, 5.41) is 0. The molecule has 0 bridgehead atoms. The molecule has 0 spiro atoms. The summed E-state index contributed by atoms with van der Waals surface area (Å²) in [5.41, 5.74) is 5.68. The van der Waals surface area contributed by atoms with Gasteiger partial charge in [0.1, 0.15) is 18.4 Å². The molecule has 0 saturated carbocycles. The van der Waals surface area contributed by atoms with E-state index in [9.17, 15) is 14.4 Å². The second-order valence-corrected chi connectivity index (χ2v) is 7.05. The van der Waals surface area contributed by atoms with Gasteiger partial charge in [-0.1, -0.05) is 0 Å². The van der Waals surface area contributed by atoms with Crippen molar-refractivity contribution in [2.45, 2.75) is 44.2 Å². The highest BCUT2D eigenvalue weighted by Gasteiger charge is 2.31. The number of ether oxygens (including phenoxy) is 3. The van der Waals surface area contributed by atoms with Crippen molar-refractivity contribution in [3.8, 4) is 5.75 Å². The molecular formula is C20H26N2O6.